The fourth-order valence-electron chi connectivity index (χ4n) is 3.39. The van der Waals surface area contributed by atoms with Crippen molar-refractivity contribution in [2.24, 2.45) is 0 Å². The molecule has 0 bridgehead atoms. The van der Waals surface area contributed by atoms with Crippen LogP contribution in [0.3, 0.4) is 0 Å². The second-order valence-electron chi connectivity index (χ2n) is 6.80. The fraction of sp³-hybridized carbons (Fsp3) is 0.400. The molecule has 1 fully saturated rings. The van der Waals surface area contributed by atoms with E-state index in [1.165, 1.54) is 15.3 Å². The van der Waals surface area contributed by atoms with Gasteiger partial charge in [0.2, 0.25) is 5.89 Å². The van der Waals surface area contributed by atoms with Crippen molar-refractivity contribution in [3.05, 3.63) is 59.1 Å². The molecule has 6 heteroatoms. The van der Waals surface area contributed by atoms with Gasteiger partial charge in [-0.1, -0.05) is 35.5 Å². The Balaban J connectivity index is 1.32. The van der Waals surface area contributed by atoms with E-state index in [0.29, 0.717) is 5.82 Å². The molecule has 0 spiro atoms. The average molecular weight is 369 g/mol. The molecule has 1 aliphatic heterocycles. The zero-order chi connectivity index (χ0) is 17.9. The van der Waals surface area contributed by atoms with Crippen LogP contribution in [0.2, 0.25) is 0 Å². The number of rotatable bonds is 5. The van der Waals surface area contributed by atoms with Crippen LogP contribution in [0.5, 0.6) is 0 Å². The maximum atomic E-state index is 5.33. The van der Waals surface area contributed by atoms with Crippen LogP contribution in [0.4, 0.5) is 0 Å². The van der Waals surface area contributed by atoms with Crippen molar-refractivity contribution in [3.63, 3.8) is 0 Å². The summed E-state index contributed by atoms with van der Waals surface area (Å²) in [6, 6.07) is 15.3. The summed E-state index contributed by atoms with van der Waals surface area (Å²) in [5.41, 5.74) is 1.30. The predicted molar refractivity (Wildman–Crippen MR) is 104 cm³/mol. The minimum absolute atomic E-state index is 0.185. The van der Waals surface area contributed by atoms with Crippen LogP contribution < -0.4 is 0 Å². The molecule has 0 N–H and O–H groups in total. The molecule has 1 unspecified atom stereocenters. The highest BCUT2D eigenvalue weighted by molar-refractivity contribution is 7.15. The maximum Gasteiger partial charge on any atom is 0.243 e. The number of hydrogen-bond donors (Lipinski definition) is 0. The lowest BCUT2D eigenvalue weighted by atomic mass is 10.2. The summed E-state index contributed by atoms with van der Waals surface area (Å²) < 4.78 is 5.33. The summed E-state index contributed by atoms with van der Waals surface area (Å²) in [5.74, 6) is 1.43. The summed E-state index contributed by atoms with van der Waals surface area (Å²) in [7, 11) is 0. The highest BCUT2D eigenvalue weighted by Gasteiger charge is 2.25. The zero-order valence-electron chi connectivity index (χ0n) is 15.3. The Morgan fingerprint density at radius 2 is 1.85 bits per heavy atom. The molecular formula is C20H24N4OS. The summed E-state index contributed by atoms with van der Waals surface area (Å²) in [4.78, 5) is 12.1. The van der Waals surface area contributed by atoms with Gasteiger partial charge in [0, 0.05) is 42.5 Å². The molecule has 1 aromatic carbocycles. The van der Waals surface area contributed by atoms with Crippen molar-refractivity contribution in [2.45, 2.75) is 26.4 Å². The van der Waals surface area contributed by atoms with Gasteiger partial charge in [-0.15, -0.1) is 11.3 Å². The van der Waals surface area contributed by atoms with Crippen LogP contribution in [-0.2, 0) is 6.54 Å². The first-order valence-electron chi connectivity index (χ1n) is 9.10. The van der Waals surface area contributed by atoms with Gasteiger partial charge < -0.3 is 4.52 Å². The SMILES string of the molecule is Cc1noc(C(C)N2CCN(Cc3ccc(-c4ccccc4)s3)CC2)n1. The van der Waals surface area contributed by atoms with Gasteiger partial charge >= 0.3 is 0 Å². The van der Waals surface area contributed by atoms with Crippen molar-refractivity contribution in [1.29, 1.82) is 0 Å². The third kappa shape index (κ3) is 3.87. The lowest BCUT2D eigenvalue weighted by Crippen LogP contribution is -2.46. The molecule has 3 aromatic rings. The van der Waals surface area contributed by atoms with Crippen molar-refractivity contribution >= 4 is 11.3 Å². The van der Waals surface area contributed by atoms with Crippen LogP contribution in [0.25, 0.3) is 10.4 Å². The van der Waals surface area contributed by atoms with Crippen LogP contribution in [0, 0.1) is 6.92 Å². The molecule has 26 heavy (non-hydrogen) atoms. The molecule has 1 atom stereocenters. The van der Waals surface area contributed by atoms with Gasteiger partial charge in [-0.3, -0.25) is 9.80 Å². The largest absolute Gasteiger partial charge is 0.338 e. The number of piperazine rings is 1. The Morgan fingerprint density at radius 3 is 2.54 bits per heavy atom. The number of benzene rings is 1. The van der Waals surface area contributed by atoms with Crippen molar-refractivity contribution in [3.8, 4) is 10.4 Å². The molecule has 5 nitrogen and oxygen atoms in total. The minimum Gasteiger partial charge on any atom is -0.338 e. The van der Waals surface area contributed by atoms with E-state index in [1.54, 1.807) is 0 Å². The Labute approximate surface area is 158 Å². The van der Waals surface area contributed by atoms with E-state index >= 15 is 0 Å². The van der Waals surface area contributed by atoms with Crippen molar-refractivity contribution in [2.75, 3.05) is 26.2 Å². The topological polar surface area (TPSA) is 45.4 Å². The number of aromatic nitrogens is 2. The van der Waals surface area contributed by atoms with E-state index < -0.39 is 0 Å². The van der Waals surface area contributed by atoms with Gasteiger partial charge in [-0.05, 0) is 31.5 Å². The summed E-state index contributed by atoms with van der Waals surface area (Å²) in [6.45, 7) is 9.22. The lowest BCUT2D eigenvalue weighted by Gasteiger charge is -2.36. The Bertz CT molecular complexity index is 836. The smallest absolute Gasteiger partial charge is 0.243 e. The second-order valence-corrected chi connectivity index (χ2v) is 7.97. The third-order valence-corrected chi connectivity index (χ3v) is 6.07. The zero-order valence-corrected chi connectivity index (χ0v) is 16.1. The summed E-state index contributed by atoms with van der Waals surface area (Å²) in [6.07, 6.45) is 0. The molecule has 136 valence electrons. The predicted octanol–water partition coefficient (Wildman–Crippen LogP) is 3.99. The van der Waals surface area contributed by atoms with Gasteiger partial charge in [-0.2, -0.15) is 4.98 Å². The highest BCUT2D eigenvalue weighted by Crippen LogP contribution is 2.29. The lowest BCUT2D eigenvalue weighted by molar-refractivity contribution is 0.0850. The van der Waals surface area contributed by atoms with Crippen LogP contribution in [0.1, 0.15) is 29.6 Å². The Kier molecular flexibility index (Phi) is 5.15. The number of hydrogen-bond acceptors (Lipinski definition) is 6. The van der Waals surface area contributed by atoms with Crippen molar-refractivity contribution in [1.82, 2.24) is 19.9 Å². The average Bonchev–Trinajstić information content (AvgIpc) is 3.32. The van der Waals surface area contributed by atoms with E-state index in [2.05, 4.69) is 69.3 Å². The first-order valence-corrected chi connectivity index (χ1v) is 9.91. The summed E-state index contributed by atoms with van der Waals surface area (Å²) >= 11 is 1.90. The maximum absolute atomic E-state index is 5.33. The molecule has 3 heterocycles. The monoisotopic (exact) mass is 368 g/mol. The molecule has 1 aliphatic rings. The molecule has 0 aliphatic carbocycles. The van der Waals surface area contributed by atoms with Gasteiger partial charge in [0.1, 0.15) is 0 Å². The number of thiophene rings is 1. The number of aryl methyl sites for hydroxylation is 1. The van der Waals surface area contributed by atoms with E-state index in [1.807, 2.05) is 18.3 Å². The third-order valence-electron chi connectivity index (χ3n) is 4.95. The highest BCUT2D eigenvalue weighted by atomic mass is 32.1. The quantitative estimate of drug-likeness (QED) is 0.681. The fourth-order valence-corrected chi connectivity index (χ4v) is 4.44. The van der Waals surface area contributed by atoms with Crippen LogP contribution in [-0.4, -0.2) is 46.1 Å². The van der Waals surface area contributed by atoms with Gasteiger partial charge in [-0.25, -0.2) is 0 Å². The van der Waals surface area contributed by atoms with E-state index in [9.17, 15) is 0 Å². The van der Waals surface area contributed by atoms with Crippen LogP contribution in [0.15, 0.2) is 47.0 Å². The minimum atomic E-state index is 0.185. The van der Waals surface area contributed by atoms with E-state index in [-0.39, 0.29) is 6.04 Å². The second kappa shape index (κ2) is 7.70. The van der Waals surface area contributed by atoms with Gasteiger partial charge in [0.25, 0.3) is 0 Å². The Morgan fingerprint density at radius 1 is 1.08 bits per heavy atom. The number of nitrogens with zero attached hydrogens (tertiary/aromatic N) is 4. The first-order chi connectivity index (χ1) is 12.7. The van der Waals surface area contributed by atoms with E-state index in [0.717, 1.165) is 38.6 Å². The molecular weight excluding hydrogens is 344 g/mol. The van der Waals surface area contributed by atoms with Crippen molar-refractivity contribution < 1.29 is 4.52 Å². The molecule has 0 amide bonds. The molecule has 0 radical (unpaired) electrons. The standard InChI is InChI=1S/C20H24N4OS/c1-15(20-21-16(2)22-25-20)24-12-10-23(11-13-24)14-18-8-9-19(26-18)17-6-4-3-5-7-17/h3-9,15H,10-14H2,1-2H3. The van der Waals surface area contributed by atoms with E-state index in [4.69, 9.17) is 4.52 Å². The van der Waals surface area contributed by atoms with Gasteiger partial charge in [0.15, 0.2) is 5.82 Å². The normalized spacial score (nSPS) is 17.5. The molecule has 2 aromatic heterocycles. The van der Waals surface area contributed by atoms with Gasteiger partial charge in [0.05, 0.1) is 6.04 Å². The molecule has 4 rings (SSSR count). The molecule has 0 saturated carbocycles. The molecule has 1 saturated heterocycles. The van der Waals surface area contributed by atoms with Crippen LogP contribution >= 0.6 is 11.3 Å². The summed E-state index contributed by atoms with van der Waals surface area (Å²) in [5, 5.41) is 3.91. The first kappa shape index (κ1) is 17.4. The Hall–Kier alpha value is -2.02.